The van der Waals surface area contributed by atoms with Gasteiger partial charge in [-0.1, -0.05) is 30.3 Å². The number of nitrogens with two attached hydrogens (primary N) is 1. The van der Waals surface area contributed by atoms with Gasteiger partial charge in [-0.05, 0) is 49.9 Å². The first kappa shape index (κ1) is 17.7. The van der Waals surface area contributed by atoms with Crippen LogP contribution in [0.5, 0.6) is 0 Å². The SMILES string of the molecule is CC(C)(C)OC(=O)NCc1ccccc1-c1nccc2cc(N)ccc12. The minimum Gasteiger partial charge on any atom is -0.444 e. The number of nitrogen functional groups attached to an aromatic ring is 1. The van der Waals surface area contributed by atoms with Gasteiger partial charge >= 0.3 is 6.09 Å². The van der Waals surface area contributed by atoms with Crippen LogP contribution in [0.25, 0.3) is 22.0 Å². The van der Waals surface area contributed by atoms with E-state index < -0.39 is 11.7 Å². The third-order valence-corrected chi connectivity index (χ3v) is 3.88. The van der Waals surface area contributed by atoms with Crippen molar-refractivity contribution in [3.8, 4) is 11.3 Å². The monoisotopic (exact) mass is 349 g/mol. The fraction of sp³-hybridized carbons (Fsp3) is 0.238. The molecular weight excluding hydrogens is 326 g/mol. The smallest absolute Gasteiger partial charge is 0.407 e. The molecule has 26 heavy (non-hydrogen) atoms. The van der Waals surface area contributed by atoms with Gasteiger partial charge in [-0.25, -0.2) is 4.79 Å². The van der Waals surface area contributed by atoms with Crippen LogP contribution < -0.4 is 11.1 Å². The van der Waals surface area contributed by atoms with Crippen molar-refractivity contribution < 1.29 is 9.53 Å². The highest BCUT2D eigenvalue weighted by atomic mass is 16.6. The third-order valence-electron chi connectivity index (χ3n) is 3.88. The predicted octanol–water partition coefficient (Wildman–Crippen LogP) is 4.51. The Morgan fingerprint density at radius 1 is 1.15 bits per heavy atom. The van der Waals surface area contributed by atoms with Crippen molar-refractivity contribution in [1.82, 2.24) is 10.3 Å². The number of carbonyl (C=O) groups is 1. The predicted molar refractivity (Wildman–Crippen MR) is 105 cm³/mol. The number of aromatic nitrogens is 1. The highest BCUT2D eigenvalue weighted by molar-refractivity contribution is 5.96. The summed E-state index contributed by atoms with van der Waals surface area (Å²) in [5, 5.41) is 4.87. The lowest BCUT2D eigenvalue weighted by atomic mass is 9.99. The van der Waals surface area contributed by atoms with E-state index in [-0.39, 0.29) is 0 Å². The molecule has 0 aliphatic heterocycles. The number of benzene rings is 2. The van der Waals surface area contributed by atoms with Crippen molar-refractivity contribution in [3.63, 3.8) is 0 Å². The topological polar surface area (TPSA) is 77.2 Å². The zero-order valence-corrected chi connectivity index (χ0v) is 15.2. The molecule has 3 aromatic rings. The molecule has 134 valence electrons. The molecule has 0 fully saturated rings. The first-order valence-corrected chi connectivity index (χ1v) is 8.53. The van der Waals surface area contributed by atoms with Crippen molar-refractivity contribution in [1.29, 1.82) is 0 Å². The number of fused-ring (bicyclic) bond motifs is 1. The average Bonchev–Trinajstić information content (AvgIpc) is 2.58. The van der Waals surface area contributed by atoms with Crippen molar-refractivity contribution in [3.05, 3.63) is 60.3 Å². The van der Waals surface area contributed by atoms with Crippen molar-refractivity contribution in [2.24, 2.45) is 0 Å². The lowest BCUT2D eigenvalue weighted by Gasteiger charge is -2.20. The number of nitrogens with one attached hydrogen (secondary N) is 1. The largest absolute Gasteiger partial charge is 0.444 e. The zero-order chi connectivity index (χ0) is 18.7. The molecule has 0 aliphatic carbocycles. The first-order chi connectivity index (χ1) is 12.3. The number of ether oxygens (including phenoxy) is 1. The molecule has 0 bridgehead atoms. The van der Waals surface area contributed by atoms with Gasteiger partial charge in [-0.15, -0.1) is 0 Å². The number of alkyl carbamates (subject to hydrolysis) is 1. The second kappa shape index (κ2) is 7.04. The van der Waals surface area contributed by atoms with Crippen LogP contribution in [0.2, 0.25) is 0 Å². The lowest BCUT2D eigenvalue weighted by molar-refractivity contribution is 0.0523. The summed E-state index contributed by atoms with van der Waals surface area (Å²) in [7, 11) is 0. The van der Waals surface area contributed by atoms with Gasteiger partial charge in [0.05, 0.1) is 5.69 Å². The Morgan fingerprint density at radius 3 is 2.69 bits per heavy atom. The van der Waals surface area contributed by atoms with Crippen molar-refractivity contribution >= 4 is 22.6 Å². The number of rotatable bonds is 3. The fourth-order valence-corrected chi connectivity index (χ4v) is 2.80. The van der Waals surface area contributed by atoms with E-state index in [1.807, 2.05) is 69.3 Å². The Morgan fingerprint density at radius 2 is 1.92 bits per heavy atom. The van der Waals surface area contributed by atoms with Gasteiger partial charge in [0.1, 0.15) is 5.60 Å². The maximum Gasteiger partial charge on any atom is 0.407 e. The van der Waals surface area contributed by atoms with Gasteiger partial charge in [0.25, 0.3) is 0 Å². The van der Waals surface area contributed by atoms with Crippen LogP contribution >= 0.6 is 0 Å². The Balaban J connectivity index is 1.92. The molecule has 2 aromatic carbocycles. The quantitative estimate of drug-likeness (QED) is 0.682. The van der Waals surface area contributed by atoms with E-state index in [1.165, 1.54) is 0 Å². The summed E-state index contributed by atoms with van der Waals surface area (Å²) >= 11 is 0. The molecule has 5 heteroatoms. The lowest BCUT2D eigenvalue weighted by Crippen LogP contribution is -2.32. The van der Waals surface area contributed by atoms with Crippen molar-refractivity contribution in [2.45, 2.75) is 32.9 Å². The molecule has 1 aromatic heterocycles. The molecule has 0 atom stereocenters. The Kier molecular flexibility index (Phi) is 4.80. The van der Waals surface area contributed by atoms with Gasteiger partial charge in [-0.3, -0.25) is 4.98 Å². The minimum absolute atomic E-state index is 0.359. The van der Waals surface area contributed by atoms with Crippen LogP contribution in [-0.2, 0) is 11.3 Å². The second-order valence-electron chi connectivity index (χ2n) is 7.15. The third kappa shape index (κ3) is 4.11. The molecule has 0 saturated carbocycles. The number of pyridine rings is 1. The first-order valence-electron chi connectivity index (χ1n) is 8.53. The fourth-order valence-electron chi connectivity index (χ4n) is 2.80. The number of anilines is 1. The van der Waals surface area contributed by atoms with E-state index in [0.717, 1.165) is 33.3 Å². The standard InChI is InChI=1S/C21H23N3O2/c1-21(2,3)26-20(25)24-13-15-6-4-5-7-17(15)19-18-9-8-16(22)12-14(18)10-11-23-19/h4-12H,13,22H2,1-3H3,(H,24,25). The Hall–Kier alpha value is -3.08. The summed E-state index contributed by atoms with van der Waals surface area (Å²) in [6, 6.07) is 15.6. The second-order valence-corrected chi connectivity index (χ2v) is 7.15. The van der Waals surface area contributed by atoms with E-state index in [9.17, 15) is 4.79 Å². The molecule has 1 heterocycles. The maximum absolute atomic E-state index is 12.0. The summed E-state index contributed by atoms with van der Waals surface area (Å²) < 4.78 is 5.31. The summed E-state index contributed by atoms with van der Waals surface area (Å²) in [6.45, 7) is 5.88. The Labute approximate surface area is 153 Å². The van der Waals surface area contributed by atoms with Gasteiger partial charge in [0.2, 0.25) is 0 Å². The van der Waals surface area contributed by atoms with Gasteiger partial charge in [0.15, 0.2) is 0 Å². The number of carbonyl (C=O) groups excluding carboxylic acids is 1. The molecule has 0 unspecified atom stereocenters. The number of amides is 1. The average molecular weight is 349 g/mol. The van der Waals surface area contributed by atoms with E-state index >= 15 is 0 Å². The summed E-state index contributed by atoms with van der Waals surface area (Å²) in [4.78, 5) is 16.5. The number of nitrogens with zero attached hydrogens (tertiary/aromatic N) is 1. The summed E-state index contributed by atoms with van der Waals surface area (Å²) in [5.41, 5.74) is 8.89. The minimum atomic E-state index is -0.527. The van der Waals surface area contributed by atoms with Crippen LogP contribution in [0.4, 0.5) is 10.5 Å². The van der Waals surface area contributed by atoms with Crippen LogP contribution in [0.15, 0.2) is 54.7 Å². The van der Waals surface area contributed by atoms with Gasteiger partial charge in [0, 0.05) is 29.4 Å². The van der Waals surface area contributed by atoms with E-state index in [2.05, 4.69) is 10.3 Å². The van der Waals surface area contributed by atoms with Crippen LogP contribution in [0.3, 0.4) is 0 Å². The van der Waals surface area contributed by atoms with Gasteiger partial charge in [-0.2, -0.15) is 0 Å². The van der Waals surface area contributed by atoms with E-state index in [1.54, 1.807) is 6.20 Å². The van der Waals surface area contributed by atoms with E-state index in [0.29, 0.717) is 6.54 Å². The molecule has 5 nitrogen and oxygen atoms in total. The molecule has 0 saturated heterocycles. The normalized spacial score (nSPS) is 11.3. The number of hydrogen-bond acceptors (Lipinski definition) is 4. The van der Waals surface area contributed by atoms with Crippen LogP contribution in [-0.4, -0.2) is 16.7 Å². The number of hydrogen-bond donors (Lipinski definition) is 2. The van der Waals surface area contributed by atoms with E-state index in [4.69, 9.17) is 10.5 Å². The molecule has 0 spiro atoms. The summed E-state index contributed by atoms with van der Waals surface area (Å²) in [5.74, 6) is 0. The maximum atomic E-state index is 12.0. The molecule has 3 rings (SSSR count). The zero-order valence-electron chi connectivity index (χ0n) is 15.2. The molecular formula is C21H23N3O2. The van der Waals surface area contributed by atoms with Crippen molar-refractivity contribution in [2.75, 3.05) is 5.73 Å². The highest BCUT2D eigenvalue weighted by Gasteiger charge is 2.16. The summed E-state index contributed by atoms with van der Waals surface area (Å²) in [6.07, 6.45) is 1.33. The molecule has 1 amide bonds. The van der Waals surface area contributed by atoms with Crippen LogP contribution in [0, 0.1) is 0 Å². The molecule has 0 aliphatic rings. The molecule has 0 radical (unpaired) electrons. The Bertz CT molecular complexity index is 945. The van der Waals surface area contributed by atoms with Gasteiger partial charge < -0.3 is 15.8 Å². The highest BCUT2D eigenvalue weighted by Crippen LogP contribution is 2.30. The van der Waals surface area contributed by atoms with Crippen LogP contribution in [0.1, 0.15) is 26.3 Å². The molecule has 3 N–H and O–H groups in total.